The summed E-state index contributed by atoms with van der Waals surface area (Å²) in [4.78, 5) is 15.9. The van der Waals surface area contributed by atoms with Crippen LogP contribution in [0.3, 0.4) is 0 Å². The van der Waals surface area contributed by atoms with Gasteiger partial charge in [0.1, 0.15) is 4.88 Å². The van der Waals surface area contributed by atoms with Crippen molar-refractivity contribution in [3.63, 3.8) is 0 Å². The van der Waals surface area contributed by atoms with Crippen LogP contribution in [0.2, 0.25) is 0 Å². The zero-order chi connectivity index (χ0) is 10.1. The van der Waals surface area contributed by atoms with Crippen molar-refractivity contribution in [3.05, 3.63) is 23.0 Å². The van der Waals surface area contributed by atoms with E-state index >= 15 is 0 Å². The van der Waals surface area contributed by atoms with Crippen LogP contribution in [0.1, 0.15) is 15.4 Å². The molecule has 0 unspecified atom stereocenters. The number of thiazole rings is 1. The average Bonchev–Trinajstić information content (AvgIpc) is 2.67. The van der Waals surface area contributed by atoms with Gasteiger partial charge in [-0.15, -0.1) is 0 Å². The van der Waals surface area contributed by atoms with Gasteiger partial charge in [0.15, 0.2) is 4.96 Å². The Bertz CT molecular complexity index is 474. The quantitative estimate of drug-likeness (QED) is 0.831. The average molecular weight is 212 g/mol. The molecule has 0 aliphatic heterocycles. The van der Waals surface area contributed by atoms with E-state index in [1.807, 2.05) is 0 Å². The van der Waals surface area contributed by atoms with Gasteiger partial charge in [-0.2, -0.15) is 0 Å². The molecule has 0 radical (unpaired) electrons. The number of methoxy groups -OCH3 is 1. The van der Waals surface area contributed by atoms with Gasteiger partial charge < -0.3 is 9.84 Å². The van der Waals surface area contributed by atoms with Crippen molar-refractivity contribution >= 4 is 22.3 Å². The smallest absolute Gasteiger partial charge is 0.347 e. The van der Waals surface area contributed by atoms with Gasteiger partial charge in [0.25, 0.3) is 0 Å². The third-order valence-corrected chi connectivity index (χ3v) is 2.93. The molecule has 0 bridgehead atoms. The maximum atomic E-state index is 10.9. The van der Waals surface area contributed by atoms with Gasteiger partial charge in [0.2, 0.25) is 0 Å². The first-order valence-electron chi connectivity index (χ1n) is 3.91. The number of rotatable bonds is 3. The molecular formula is C8H8N2O3S. The van der Waals surface area contributed by atoms with Gasteiger partial charge in [-0.3, -0.25) is 4.40 Å². The summed E-state index contributed by atoms with van der Waals surface area (Å²) < 4.78 is 6.68. The largest absolute Gasteiger partial charge is 0.477 e. The molecule has 6 heteroatoms. The first-order valence-corrected chi connectivity index (χ1v) is 4.72. The second kappa shape index (κ2) is 3.39. The SMILES string of the molecule is COCc1c(C(=O)O)sc2nccn12. The van der Waals surface area contributed by atoms with Crippen molar-refractivity contribution in [3.8, 4) is 0 Å². The van der Waals surface area contributed by atoms with E-state index in [0.29, 0.717) is 10.7 Å². The molecule has 0 atom stereocenters. The summed E-state index contributed by atoms with van der Waals surface area (Å²) in [6.45, 7) is 0.276. The third-order valence-electron chi connectivity index (χ3n) is 1.83. The zero-order valence-corrected chi connectivity index (χ0v) is 8.24. The number of aromatic nitrogens is 2. The van der Waals surface area contributed by atoms with Gasteiger partial charge in [-0.1, -0.05) is 11.3 Å². The number of fused-ring (bicyclic) bond motifs is 1. The van der Waals surface area contributed by atoms with Crippen molar-refractivity contribution in [2.45, 2.75) is 6.61 Å². The molecular weight excluding hydrogens is 204 g/mol. The van der Waals surface area contributed by atoms with E-state index in [2.05, 4.69) is 4.98 Å². The van der Waals surface area contributed by atoms with Gasteiger partial charge in [0, 0.05) is 19.5 Å². The van der Waals surface area contributed by atoms with Crippen LogP contribution in [0.15, 0.2) is 12.4 Å². The molecule has 0 spiro atoms. The minimum absolute atomic E-state index is 0.276. The summed E-state index contributed by atoms with van der Waals surface area (Å²) in [5.41, 5.74) is 0.637. The number of ether oxygens (including phenoxy) is 1. The minimum atomic E-state index is -0.937. The lowest BCUT2D eigenvalue weighted by Gasteiger charge is -1.98. The van der Waals surface area contributed by atoms with Crippen molar-refractivity contribution in [2.75, 3.05) is 7.11 Å². The number of nitrogens with zero attached hydrogens (tertiary/aromatic N) is 2. The zero-order valence-electron chi connectivity index (χ0n) is 7.43. The van der Waals surface area contributed by atoms with Crippen LogP contribution in [-0.2, 0) is 11.3 Å². The molecule has 0 fully saturated rings. The lowest BCUT2D eigenvalue weighted by atomic mass is 10.4. The number of hydrogen-bond acceptors (Lipinski definition) is 4. The van der Waals surface area contributed by atoms with E-state index < -0.39 is 5.97 Å². The molecule has 0 saturated heterocycles. The van der Waals surface area contributed by atoms with E-state index in [0.717, 1.165) is 11.3 Å². The van der Waals surface area contributed by atoms with Crippen LogP contribution in [-0.4, -0.2) is 27.6 Å². The molecule has 0 aliphatic carbocycles. The molecule has 0 aliphatic rings. The molecule has 2 aromatic rings. The fraction of sp³-hybridized carbons (Fsp3) is 0.250. The fourth-order valence-electron chi connectivity index (χ4n) is 1.27. The van der Waals surface area contributed by atoms with Gasteiger partial charge >= 0.3 is 5.97 Å². The Balaban J connectivity index is 2.63. The summed E-state index contributed by atoms with van der Waals surface area (Å²) in [6, 6.07) is 0. The highest BCUT2D eigenvalue weighted by molar-refractivity contribution is 7.18. The van der Waals surface area contributed by atoms with E-state index in [4.69, 9.17) is 9.84 Å². The summed E-state index contributed by atoms with van der Waals surface area (Å²) >= 11 is 1.15. The van der Waals surface area contributed by atoms with Gasteiger partial charge in [-0.05, 0) is 0 Å². The van der Waals surface area contributed by atoms with Gasteiger partial charge in [-0.25, -0.2) is 9.78 Å². The highest BCUT2D eigenvalue weighted by Crippen LogP contribution is 2.22. The summed E-state index contributed by atoms with van der Waals surface area (Å²) in [6.07, 6.45) is 3.36. The Labute approximate surface area is 83.6 Å². The fourth-order valence-corrected chi connectivity index (χ4v) is 2.20. The normalized spacial score (nSPS) is 10.9. The Morgan fingerprint density at radius 3 is 3.21 bits per heavy atom. The number of hydrogen-bond donors (Lipinski definition) is 1. The van der Waals surface area contributed by atoms with Crippen LogP contribution in [0.5, 0.6) is 0 Å². The van der Waals surface area contributed by atoms with E-state index in [1.165, 1.54) is 7.11 Å². The molecule has 0 amide bonds. The predicted molar refractivity (Wildman–Crippen MR) is 50.7 cm³/mol. The van der Waals surface area contributed by atoms with Crippen LogP contribution >= 0.6 is 11.3 Å². The van der Waals surface area contributed by atoms with Gasteiger partial charge in [0.05, 0.1) is 12.3 Å². The number of carbonyl (C=O) groups is 1. The summed E-state index contributed by atoms with van der Waals surface area (Å²) in [5, 5.41) is 8.93. The number of carboxylic acids is 1. The van der Waals surface area contributed by atoms with E-state index in [1.54, 1.807) is 16.8 Å². The molecule has 2 rings (SSSR count). The Kier molecular flexibility index (Phi) is 2.22. The maximum Gasteiger partial charge on any atom is 0.347 e. The van der Waals surface area contributed by atoms with Crippen LogP contribution < -0.4 is 0 Å². The Morgan fingerprint density at radius 2 is 2.57 bits per heavy atom. The molecule has 2 aromatic heterocycles. The van der Waals surface area contributed by atoms with Crippen molar-refractivity contribution in [2.24, 2.45) is 0 Å². The van der Waals surface area contributed by atoms with Crippen molar-refractivity contribution in [1.82, 2.24) is 9.38 Å². The minimum Gasteiger partial charge on any atom is -0.477 e. The Hall–Kier alpha value is -1.40. The number of aromatic carboxylic acids is 1. The van der Waals surface area contributed by atoms with E-state index in [-0.39, 0.29) is 11.5 Å². The Morgan fingerprint density at radius 1 is 1.79 bits per heavy atom. The molecule has 0 saturated carbocycles. The lowest BCUT2D eigenvalue weighted by Crippen LogP contribution is -2.02. The maximum absolute atomic E-state index is 10.9. The second-order valence-corrected chi connectivity index (χ2v) is 3.67. The second-order valence-electron chi connectivity index (χ2n) is 2.70. The molecule has 14 heavy (non-hydrogen) atoms. The summed E-state index contributed by atoms with van der Waals surface area (Å²) in [5.74, 6) is -0.937. The lowest BCUT2D eigenvalue weighted by molar-refractivity contribution is 0.0696. The number of imidazole rings is 1. The number of carboxylic acid groups (broad SMARTS) is 1. The summed E-state index contributed by atoms with van der Waals surface area (Å²) in [7, 11) is 1.53. The molecule has 74 valence electrons. The van der Waals surface area contributed by atoms with E-state index in [9.17, 15) is 4.79 Å². The standard InChI is InChI=1S/C8H8N2O3S/c1-13-4-5-6(7(11)12)14-8-9-2-3-10(5)8/h2-3H,4H2,1H3,(H,11,12). The van der Waals surface area contributed by atoms with Crippen LogP contribution in [0.25, 0.3) is 4.96 Å². The monoisotopic (exact) mass is 212 g/mol. The van der Waals surface area contributed by atoms with Crippen molar-refractivity contribution < 1.29 is 14.6 Å². The molecule has 2 heterocycles. The third kappa shape index (κ3) is 1.28. The van der Waals surface area contributed by atoms with Crippen LogP contribution in [0.4, 0.5) is 0 Å². The molecule has 1 N–H and O–H groups in total. The first-order chi connectivity index (χ1) is 6.74. The highest BCUT2D eigenvalue weighted by atomic mass is 32.1. The molecule has 0 aromatic carbocycles. The predicted octanol–water partition coefficient (Wildman–Crippen LogP) is 1.24. The van der Waals surface area contributed by atoms with Crippen LogP contribution in [0, 0.1) is 0 Å². The van der Waals surface area contributed by atoms with Crippen molar-refractivity contribution in [1.29, 1.82) is 0 Å². The topological polar surface area (TPSA) is 63.8 Å². The first kappa shape index (κ1) is 9.17. The highest BCUT2D eigenvalue weighted by Gasteiger charge is 2.17. The molecule has 5 nitrogen and oxygen atoms in total.